The molecule has 0 spiro atoms. The third kappa shape index (κ3) is 6.44. The number of unbranched alkanes of at least 4 members (excludes halogenated alkanes) is 1. The number of likely N-dealkylation sites (tertiary alicyclic amines) is 1. The fourth-order valence-corrected chi connectivity index (χ4v) is 6.48. The average molecular weight is 614 g/mol. The maximum atomic E-state index is 13.7. The molecule has 2 N–H and O–H groups in total. The van der Waals surface area contributed by atoms with Crippen molar-refractivity contribution in [1.82, 2.24) is 15.5 Å². The molecule has 1 aliphatic heterocycles. The van der Waals surface area contributed by atoms with Crippen molar-refractivity contribution < 1.29 is 27.5 Å². The first-order valence-corrected chi connectivity index (χ1v) is 15.1. The number of fused-ring (bicyclic) bond motifs is 3. The van der Waals surface area contributed by atoms with Crippen molar-refractivity contribution in [3.8, 4) is 22.6 Å². The van der Waals surface area contributed by atoms with E-state index in [0.717, 1.165) is 35.2 Å². The van der Waals surface area contributed by atoms with E-state index in [4.69, 9.17) is 4.74 Å². The van der Waals surface area contributed by atoms with Gasteiger partial charge in [-0.25, -0.2) is 0 Å². The molecule has 6 nitrogen and oxygen atoms in total. The first-order chi connectivity index (χ1) is 21.7. The standard InChI is InChI=1S/C36H34F3N3O3/c37-36(38,39)24-40-34(44)35(30-17-7-4-14-27(30)28-15-5-8-18-31(28)35)20-10-11-21-42-22-25(23-42)41-33(43)29-16-6-9-19-32(29)45-26-12-2-1-3-13-26/h1-9,12-19,25H,10-11,20-24H2,(H,40,44)(H,41,43). The zero-order valence-corrected chi connectivity index (χ0v) is 24.6. The zero-order chi connectivity index (χ0) is 31.4. The largest absolute Gasteiger partial charge is 0.457 e. The van der Waals surface area contributed by atoms with Gasteiger partial charge in [0.1, 0.15) is 23.5 Å². The first-order valence-electron chi connectivity index (χ1n) is 15.1. The normalized spacial score (nSPS) is 15.4. The summed E-state index contributed by atoms with van der Waals surface area (Å²) in [6, 6.07) is 31.4. The third-order valence-electron chi connectivity index (χ3n) is 8.57. The van der Waals surface area contributed by atoms with Gasteiger partial charge in [-0.05, 0) is 65.9 Å². The number of nitrogens with one attached hydrogen (secondary N) is 2. The molecule has 232 valence electrons. The summed E-state index contributed by atoms with van der Waals surface area (Å²) in [5.41, 5.74) is 2.52. The summed E-state index contributed by atoms with van der Waals surface area (Å²) in [5.74, 6) is 0.314. The van der Waals surface area contributed by atoms with Crippen LogP contribution in [0, 0.1) is 0 Å². The maximum absolute atomic E-state index is 13.7. The molecule has 4 aromatic carbocycles. The molecule has 6 rings (SSSR count). The Morgan fingerprint density at radius 2 is 1.40 bits per heavy atom. The van der Waals surface area contributed by atoms with Crippen molar-refractivity contribution in [2.45, 2.75) is 36.9 Å². The number of benzene rings is 4. The number of carbonyl (C=O) groups is 2. The minimum Gasteiger partial charge on any atom is -0.457 e. The molecule has 4 aromatic rings. The van der Waals surface area contributed by atoms with Crippen molar-refractivity contribution in [2.24, 2.45) is 0 Å². The zero-order valence-electron chi connectivity index (χ0n) is 24.6. The molecule has 45 heavy (non-hydrogen) atoms. The molecule has 0 atom stereocenters. The number of amides is 2. The van der Waals surface area contributed by atoms with Crippen LogP contribution in [0.25, 0.3) is 11.1 Å². The molecule has 9 heteroatoms. The quantitative estimate of drug-likeness (QED) is 0.185. The molecular weight excluding hydrogens is 579 g/mol. The highest BCUT2D eigenvalue weighted by Crippen LogP contribution is 2.51. The van der Waals surface area contributed by atoms with Crippen molar-refractivity contribution >= 4 is 11.8 Å². The molecule has 2 amide bonds. The lowest BCUT2D eigenvalue weighted by Gasteiger charge is -2.40. The molecule has 2 aliphatic rings. The molecular formula is C36H34F3N3O3. The predicted octanol–water partition coefficient (Wildman–Crippen LogP) is 6.71. The minimum atomic E-state index is -4.51. The number of ether oxygens (including phenoxy) is 1. The summed E-state index contributed by atoms with van der Waals surface area (Å²) >= 11 is 0. The Kier molecular flexibility index (Phi) is 8.63. The Morgan fingerprint density at radius 3 is 2.07 bits per heavy atom. The van der Waals surface area contributed by atoms with Crippen LogP contribution in [0.1, 0.15) is 40.7 Å². The predicted molar refractivity (Wildman–Crippen MR) is 166 cm³/mol. The van der Waals surface area contributed by atoms with Gasteiger partial charge in [-0.3, -0.25) is 14.5 Å². The number of rotatable bonds is 11. The number of hydrogen-bond acceptors (Lipinski definition) is 4. The van der Waals surface area contributed by atoms with Gasteiger partial charge in [0, 0.05) is 13.1 Å². The number of carbonyl (C=O) groups excluding carboxylic acids is 2. The van der Waals surface area contributed by atoms with E-state index in [0.29, 0.717) is 43.0 Å². The molecule has 1 aliphatic carbocycles. The van der Waals surface area contributed by atoms with Gasteiger partial charge in [0.2, 0.25) is 5.91 Å². The van der Waals surface area contributed by atoms with Crippen LogP contribution in [-0.4, -0.2) is 55.1 Å². The number of hydrogen-bond donors (Lipinski definition) is 2. The van der Waals surface area contributed by atoms with E-state index in [1.807, 2.05) is 84.9 Å². The highest BCUT2D eigenvalue weighted by Gasteiger charge is 2.49. The van der Waals surface area contributed by atoms with E-state index >= 15 is 0 Å². The SMILES string of the molecule is O=C(NC1CN(CCCCC2(C(=O)NCC(F)(F)F)c3ccccc3-c3ccccc32)C1)c1ccccc1Oc1ccccc1. The summed E-state index contributed by atoms with van der Waals surface area (Å²) in [4.78, 5) is 29.0. The molecule has 0 radical (unpaired) electrons. The van der Waals surface area contributed by atoms with Crippen LogP contribution in [0.4, 0.5) is 13.2 Å². The molecule has 0 bridgehead atoms. The van der Waals surface area contributed by atoms with E-state index in [-0.39, 0.29) is 11.9 Å². The summed E-state index contributed by atoms with van der Waals surface area (Å²) < 4.78 is 45.3. The Hall–Kier alpha value is -4.63. The van der Waals surface area contributed by atoms with Crippen molar-refractivity contribution in [2.75, 3.05) is 26.2 Å². The van der Waals surface area contributed by atoms with Gasteiger partial charge in [0.25, 0.3) is 5.91 Å². The lowest BCUT2D eigenvalue weighted by Crippen LogP contribution is -2.59. The number of nitrogens with zero attached hydrogens (tertiary/aromatic N) is 1. The van der Waals surface area contributed by atoms with E-state index in [2.05, 4.69) is 15.5 Å². The molecule has 1 saturated heterocycles. The van der Waals surface area contributed by atoms with Crippen molar-refractivity contribution in [3.63, 3.8) is 0 Å². The molecule has 0 saturated carbocycles. The van der Waals surface area contributed by atoms with E-state index in [1.165, 1.54) is 0 Å². The summed E-state index contributed by atoms with van der Waals surface area (Å²) in [7, 11) is 0. The molecule has 0 aromatic heterocycles. The lowest BCUT2D eigenvalue weighted by molar-refractivity contribution is -0.141. The van der Waals surface area contributed by atoms with Crippen molar-refractivity contribution in [1.29, 1.82) is 0 Å². The summed E-state index contributed by atoms with van der Waals surface area (Å²) in [6.07, 6.45) is -2.72. The average Bonchev–Trinajstić information content (AvgIpc) is 3.31. The van der Waals surface area contributed by atoms with Gasteiger partial charge in [-0.15, -0.1) is 0 Å². The summed E-state index contributed by atoms with van der Waals surface area (Å²) in [6.45, 7) is 0.762. The van der Waals surface area contributed by atoms with E-state index in [1.54, 1.807) is 18.2 Å². The second-order valence-electron chi connectivity index (χ2n) is 11.6. The molecule has 0 unspecified atom stereocenters. The molecule has 1 heterocycles. The second-order valence-corrected chi connectivity index (χ2v) is 11.6. The third-order valence-corrected chi connectivity index (χ3v) is 8.57. The van der Waals surface area contributed by atoms with Gasteiger partial charge >= 0.3 is 6.18 Å². The first kappa shape index (κ1) is 30.4. The van der Waals surface area contributed by atoms with Crippen LogP contribution in [0.3, 0.4) is 0 Å². The highest BCUT2D eigenvalue weighted by molar-refractivity contribution is 6.00. The topological polar surface area (TPSA) is 70.7 Å². The van der Waals surface area contributed by atoms with Gasteiger partial charge < -0.3 is 15.4 Å². The monoisotopic (exact) mass is 613 g/mol. The van der Waals surface area contributed by atoms with Crippen LogP contribution in [0.15, 0.2) is 103 Å². The van der Waals surface area contributed by atoms with E-state index < -0.39 is 24.0 Å². The Labute approximate surface area is 260 Å². The number of alkyl halides is 3. The van der Waals surface area contributed by atoms with E-state index in [9.17, 15) is 22.8 Å². The fraction of sp³-hybridized carbons (Fsp3) is 0.278. The van der Waals surface area contributed by atoms with Gasteiger partial charge in [0.05, 0.1) is 11.6 Å². The van der Waals surface area contributed by atoms with Gasteiger partial charge in [-0.1, -0.05) is 85.3 Å². The van der Waals surface area contributed by atoms with Gasteiger partial charge in [-0.2, -0.15) is 13.2 Å². The Balaban J connectivity index is 1.06. The summed E-state index contributed by atoms with van der Waals surface area (Å²) in [5, 5.41) is 5.28. The van der Waals surface area contributed by atoms with Crippen molar-refractivity contribution in [3.05, 3.63) is 120 Å². The highest BCUT2D eigenvalue weighted by atomic mass is 19.4. The van der Waals surface area contributed by atoms with Gasteiger partial charge in [0.15, 0.2) is 0 Å². The smallest absolute Gasteiger partial charge is 0.405 e. The minimum absolute atomic E-state index is 0.00430. The second kappa shape index (κ2) is 12.8. The Morgan fingerprint density at radius 1 is 0.800 bits per heavy atom. The Bertz CT molecular complexity index is 1620. The fourth-order valence-electron chi connectivity index (χ4n) is 6.48. The maximum Gasteiger partial charge on any atom is 0.405 e. The number of halogens is 3. The molecule has 1 fully saturated rings. The van der Waals surface area contributed by atoms with Crippen LogP contribution in [-0.2, 0) is 10.2 Å². The van der Waals surface area contributed by atoms with Crippen LogP contribution >= 0.6 is 0 Å². The lowest BCUT2D eigenvalue weighted by atomic mass is 9.73. The van der Waals surface area contributed by atoms with Crippen LogP contribution < -0.4 is 15.4 Å². The van der Waals surface area contributed by atoms with Crippen LogP contribution in [0.2, 0.25) is 0 Å². The number of para-hydroxylation sites is 2. The van der Waals surface area contributed by atoms with Crippen LogP contribution in [0.5, 0.6) is 11.5 Å².